The Balaban J connectivity index is 2.23. The predicted molar refractivity (Wildman–Crippen MR) is 74.0 cm³/mol. The van der Waals surface area contributed by atoms with E-state index >= 15 is 0 Å². The van der Waals surface area contributed by atoms with E-state index in [-0.39, 0.29) is 5.75 Å². The third kappa shape index (κ3) is 4.82. The second-order valence-electron chi connectivity index (χ2n) is 4.72. The lowest BCUT2D eigenvalue weighted by atomic mass is 10.1. The van der Waals surface area contributed by atoms with Crippen molar-refractivity contribution in [3.63, 3.8) is 0 Å². The van der Waals surface area contributed by atoms with Gasteiger partial charge in [-0.2, -0.15) is 0 Å². The first-order chi connectivity index (χ1) is 9.89. The van der Waals surface area contributed by atoms with Crippen LogP contribution >= 0.6 is 15.9 Å². The van der Waals surface area contributed by atoms with E-state index in [1.807, 2.05) is 4.90 Å². The van der Waals surface area contributed by atoms with Crippen molar-refractivity contribution in [1.82, 2.24) is 10.2 Å². The van der Waals surface area contributed by atoms with Crippen LogP contribution in [0.15, 0.2) is 22.7 Å². The Labute approximate surface area is 128 Å². The van der Waals surface area contributed by atoms with E-state index in [2.05, 4.69) is 26.0 Å². The van der Waals surface area contributed by atoms with Crippen molar-refractivity contribution in [1.29, 1.82) is 0 Å². The molecule has 3 nitrogen and oxygen atoms in total. The molecule has 118 valence electrons. The summed E-state index contributed by atoms with van der Waals surface area (Å²) in [6, 6.07) is 3.50. The molecule has 0 unspecified atom stereocenters. The summed E-state index contributed by atoms with van der Waals surface area (Å²) in [5, 5.41) is 3.15. The van der Waals surface area contributed by atoms with Gasteiger partial charge in [0.2, 0.25) is 0 Å². The zero-order valence-corrected chi connectivity index (χ0v) is 12.7. The standard InChI is InChI=1S/C13H15BrF4N2O/c14-10-5-9(6-11(7-10)21-13(16,17)18)12(8-15)20-3-1-19-2-4-20/h5-7,12,19H,1-4,8H2/t12-/m1/s1. The second-order valence-corrected chi connectivity index (χ2v) is 5.64. The van der Waals surface area contributed by atoms with E-state index in [1.54, 1.807) is 6.07 Å². The van der Waals surface area contributed by atoms with Gasteiger partial charge in [-0.3, -0.25) is 4.90 Å². The highest BCUT2D eigenvalue weighted by Gasteiger charge is 2.32. The Morgan fingerprint density at radius 3 is 2.48 bits per heavy atom. The number of alkyl halides is 4. The maximum absolute atomic E-state index is 13.4. The van der Waals surface area contributed by atoms with Crippen LogP contribution in [0.4, 0.5) is 17.6 Å². The summed E-state index contributed by atoms with van der Waals surface area (Å²) in [5.74, 6) is -0.347. The summed E-state index contributed by atoms with van der Waals surface area (Å²) < 4.78 is 54.7. The number of benzene rings is 1. The van der Waals surface area contributed by atoms with Crippen molar-refractivity contribution in [3.05, 3.63) is 28.2 Å². The topological polar surface area (TPSA) is 24.5 Å². The summed E-state index contributed by atoms with van der Waals surface area (Å²) in [6.45, 7) is 2.10. The Kier molecular flexibility index (Phi) is 5.45. The first-order valence-electron chi connectivity index (χ1n) is 6.46. The SMILES string of the molecule is FC[C@H](c1cc(Br)cc(OC(F)(F)F)c1)N1CCNCC1. The Morgan fingerprint density at radius 1 is 1.24 bits per heavy atom. The molecule has 1 saturated heterocycles. The van der Waals surface area contributed by atoms with Crippen LogP contribution in [0.25, 0.3) is 0 Å². The molecular formula is C13H15BrF4N2O. The first kappa shape index (κ1) is 16.5. The van der Waals surface area contributed by atoms with E-state index in [0.717, 1.165) is 13.1 Å². The van der Waals surface area contributed by atoms with Gasteiger partial charge in [0.05, 0.1) is 6.04 Å². The first-order valence-corrected chi connectivity index (χ1v) is 7.25. The number of rotatable bonds is 4. The molecule has 1 fully saturated rings. The predicted octanol–water partition coefficient (Wildman–Crippen LogP) is 3.26. The molecule has 21 heavy (non-hydrogen) atoms. The van der Waals surface area contributed by atoms with Crippen molar-refractivity contribution < 1.29 is 22.3 Å². The van der Waals surface area contributed by atoms with E-state index in [0.29, 0.717) is 23.1 Å². The lowest BCUT2D eigenvalue weighted by Gasteiger charge is -2.33. The van der Waals surface area contributed by atoms with Crippen molar-refractivity contribution >= 4 is 15.9 Å². The average molecular weight is 371 g/mol. The lowest BCUT2D eigenvalue weighted by Crippen LogP contribution is -2.45. The van der Waals surface area contributed by atoms with Crippen LogP contribution in [0.1, 0.15) is 11.6 Å². The van der Waals surface area contributed by atoms with Crippen LogP contribution in [0.5, 0.6) is 5.75 Å². The number of halogens is 5. The Bertz CT molecular complexity index is 478. The third-order valence-corrected chi connectivity index (χ3v) is 3.71. The molecule has 0 amide bonds. The van der Waals surface area contributed by atoms with Gasteiger partial charge in [-0.25, -0.2) is 4.39 Å². The fourth-order valence-corrected chi connectivity index (χ4v) is 2.85. The molecule has 0 aliphatic carbocycles. The Hall–Kier alpha value is -0.860. The molecule has 0 saturated carbocycles. The summed E-state index contributed by atoms with van der Waals surface area (Å²) in [7, 11) is 0. The number of hydrogen-bond donors (Lipinski definition) is 1. The molecular weight excluding hydrogens is 356 g/mol. The quantitative estimate of drug-likeness (QED) is 0.823. The van der Waals surface area contributed by atoms with Gasteiger partial charge < -0.3 is 10.1 Å². The second kappa shape index (κ2) is 6.93. The molecule has 0 spiro atoms. The minimum atomic E-state index is -4.77. The fraction of sp³-hybridized carbons (Fsp3) is 0.538. The van der Waals surface area contributed by atoms with Gasteiger partial charge >= 0.3 is 6.36 Å². The van der Waals surface area contributed by atoms with Crippen LogP contribution in [0, 0.1) is 0 Å². The monoisotopic (exact) mass is 370 g/mol. The summed E-state index contributed by atoms with van der Waals surface area (Å²) in [4.78, 5) is 1.91. The maximum atomic E-state index is 13.4. The van der Waals surface area contributed by atoms with Crippen molar-refractivity contribution in [3.8, 4) is 5.75 Å². The molecule has 1 aromatic carbocycles. The van der Waals surface area contributed by atoms with Gasteiger partial charge in [-0.1, -0.05) is 15.9 Å². The molecule has 1 aliphatic rings. The highest BCUT2D eigenvalue weighted by atomic mass is 79.9. The fourth-order valence-electron chi connectivity index (χ4n) is 2.36. The summed E-state index contributed by atoms with van der Waals surface area (Å²) in [5.41, 5.74) is 0.466. The molecule has 0 bridgehead atoms. The molecule has 0 radical (unpaired) electrons. The van der Waals surface area contributed by atoms with Crippen LogP contribution in [-0.2, 0) is 0 Å². The molecule has 1 heterocycles. The number of hydrogen-bond acceptors (Lipinski definition) is 3. The normalized spacial score (nSPS) is 18.5. The van der Waals surface area contributed by atoms with Crippen molar-refractivity contribution in [2.75, 3.05) is 32.9 Å². The van der Waals surface area contributed by atoms with Crippen LogP contribution in [-0.4, -0.2) is 44.1 Å². The lowest BCUT2D eigenvalue weighted by molar-refractivity contribution is -0.274. The molecule has 2 rings (SSSR count). The highest BCUT2D eigenvalue weighted by Crippen LogP contribution is 2.31. The van der Waals surface area contributed by atoms with Crippen molar-refractivity contribution in [2.45, 2.75) is 12.4 Å². The van der Waals surface area contributed by atoms with E-state index < -0.39 is 19.1 Å². The van der Waals surface area contributed by atoms with Gasteiger partial charge in [-0.05, 0) is 23.8 Å². The third-order valence-electron chi connectivity index (χ3n) is 3.25. The maximum Gasteiger partial charge on any atom is 0.573 e. The van der Waals surface area contributed by atoms with Gasteiger partial charge in [-0.15, -0.1) is 13.2 Å². The minimum absolute atomic E-state index is 0.347. The number of nitrogens with one attached hydrogen (secondary N) is 1. The highest BCUT2D eigenvalue weighted by molar-refractivity contribution is 9.10. The Morgan fingerprint density at radius 2 is 1.90 bits per heavy atom. The van der Waals surface area contributed by atoms with Crippen molar-refractivity contribution in [2.24, 2.45) is 0 Å². The molecule has 1 aromatic rings. The molecule has 1 aliphatic heterocycles. The minimum Gasteiger partial charge on any atom is -0.406 e. The zero-order valence-electron chi connectivity index (χ0n) is 11.1. The largest absolute Gasteiger partial charge is 0.573 e. The van der Waals surface area contributed by atoms with E-state index in [9.17, 15) is 17.6 Å². The van der Waals surface area contributed by atoms with Gasteiger partial charge in [0.15, 0.2) is 0 Å². The van der Waals surface area contributed by atoms with Crippen LogP contribution in [0.3, 0.4) is 0 Å². The number of ether oxygens (including phenoxy) is 1. The van der Waals surface area contributed by atoms with Crippen LogP contribution in [0.2, 0.25) is 0 Å². The number of piperazine rings is 1. The van der Waals surface area contributed by atoms with E-state index in [4.69, 9.17) is 0 Å². The van der Waals surface area contributed by atoms with Gasteiger partial charge in [0.1, 0.15) is 12.4 Å². The number of nitrogens with zero attached hydrogens (tertiary/aromatic N) is 1. The van der Waals surface area contributed by atoms with Crippen LogP contribution < -0.4 is 10.1 Å². The average Bonchev–Trinajstić information content (AvgIpc) is 2.38. The van der Waals surface area contributed by atoms with Gasteiger partial charge in [0.25, 0.3) is 0 Å². The van der Waals surface area contributed by atoms with E-state index in [1.165, 1.54) is 12.1 Å². The smallest absolute Gasteiger partial charge is 0.406 e. The molecule has 0 aromatic heterocycles. The van der Waals surface area contributed by atoms with Gasteiger partial charge in [0, 0.05) is 30.7 Å². The molecule has 1 N–H and O–H groups in total. The summed E-state index contributed by atoms with van der Waals surface area (Å²) >= 11 is 3.14. The summed E-state index contributed by atoms with van der Waals surface area (Å²) in [6.07, 6.45) is -4.77. The molecule has 1 atom stereocenters. The zero-order chi connectivity index (χ0) is 15.5. The molecule has 8 heteroatoms.